The molecule has 0 N–H and O–H groups in total. The average molecular weight is 330 g/mol. The molecule has 8 heteroatoms. The lowest BCUT2D eigenvalue weighted by Gasteiger charge is -2.19. The summed E-state index contributed by atoms with van der Waals surface area (Å²) in [6.45, 7) is 0.845. The molecule has 3 rings (SSSR count). The lowest BCUT2D eigenvalue weighted by Crippen LogP contribution is -2.35. The van der Waals surface area contributed by atoms with E-state index in [0.29, 0.717) is 13.1 Å². The molecule has 0 radical (unpaired) electrons. The minimum atomic E-state index is -2.25. The van der Waals surface area contributed by atoms with Crippen molar-refractivity contribution in [3.8, 4) is 6.07 Å². The zero-order valence-electron chi connectivity index (χ0n) is 11.8. The number of nitriles is 1. The van der Waals surface area contributed by atoms with E-state index >= 15 is 0 Å². The van der Waals surface area contributed by atoms with Crippen molar-refractivity contribution in [3.63, 3.8) is 0 Å². The van der Waals surface area contributed by atoms with Crippen molar-refractivity contribution in [2.45, 2.75) is 25.2 Å². The molecule has 1 heterocycles. The first-order chi connectivity index (χ1) is 10.8. The van der Waals surface area contributed by atoms with Gasteiger partial charge in [0.25, 0.3) is 0 Å². The molecule has 1 aliphatic heterocycles. The van der Waals surface area contributed by atoms with Gasteiger partial charge in [-0.05, 0) is 19.3 Å². The van der Waals surface area contributed by atoms with Gasteiger partial charge in [-0.25, -0.2) is 22.0 Å². The molecule has 2 fully saturated rings. The Hall–Kier alpha value is -2.17. The molecule has 0 spiro atoms. The molecule has 3 nitrogen and oxygen atoms in total. The lowest BCUT2D eigenvalue weighted by molar-refractivity contribution is -0.134. The Balaban J connectivity index is 2.02. The molecule has 1 saturated carbocycles. The van der Waals surface area contributed by atoms with Crippen molar-refractivity contribution in [2.75, 3.05) is 13.1 Å². The van der Waals surface area contributed by atoms with Crippen molar-refractivity contribution in [1.82, 2.24) is 4.90 Å². The number of halogens is 5. The maximum atomic E-state index is 13.9. The molecular weight excluding hydrogens is 319 g/mol. The van der Waals surface area contributed by atoms with Gasteiger partial charge in [-0.2, -0.15) is 5.26 Å². The zero-order valence-corrected chi connectivity index (χ0v) is 11.8. The van der Waals surface area contributed by atoms with Crippen LogP contribution < -0.4 is 0 Å². The van der Waals surface area contributed by atoms with E-state index in [9.17, 15) is 32.0 Å². The molecule has 0 bridgehead atoms. The fourth-order valence-corrected chi connectivity index (χ4v) is 3.15. The van der Waals surface area contributed by atoms with E-state index in [1.807, 2.05) is 0 Å². The first-order valence-corrected chi connectivity index (χ1v) is 7.07. The summed E-state index contributed by atoms with van der Waals surface area (Å²) in [4.78, 5) is 13.8. The summed E-state index contributed by atoms with van der Waals surface area (Å²) in [5, 5.41) is 9.29. The Labute approximate surface area is 128 Å². The highest BCUT2D eigenvalue weighted by atomic mass is 19.2. The highest BCUT2D eigenvalue weighted by molar-refractivity contribution is 5.90. The molecule has 1 saturated heterocycles. The number of hydrogen-bond acceptors (Lipinski definition) is 2. The third-order valence-electron chi connectivity index (χ3n) is 4.53. The van der Waals surface area contributed by atoms with Crippen molar-refractivity contribution in [2.24, 2.45) is 5.41 Å². The number of nitrogens with zero attached hydrogens (tertiary/aromatic N) is 2. The Bertz CT molecular complexity index is 709. The minimum absolute atomic E-state index is 0.253. The first kappa shape index (κ1) is 15.7. The van der Waals surface area contributed by atoms with Crippen molar-refractivity contribution < 1.29 is 26.7 Å². The van der Waals surface area contributed by atoms with Gasteiger partial charge < -0.3 is 4.90 Å². The van der Waals surface area contributed by atoms with Gasteiger partial charge in [-0.3, -0.25) is 4.79 Å². The van der Waals surface area contributed by atoms with Crippen LogP contribution in [0.15, 0.2) is 0 Å². The second kappa shape index (κ2) is 5.18. The van der Waals surface area contributed by atoms with Crippen molar-refractivity contribution >= 4 is 5.91 Å². The van der Waals surface area contributed by atoms with Crippen LogP contribution in [0.5, 0.6) is 0 Å². The molecule has 0 aromatic heterocycles. The average Bonchev–Trinajstić information content (AvgIpc) is 3.02. The van der Waals surface area contributed by atoms with Gasteiger partial charge in [-0.15, -0.1) is 0 Å². The van der Waals surface area contributed by atoms with Crippen LogP contribution in [0.25, 0.3) is 0 Å². The van der Waals surface area contributed by atoms with Gasteiger partial charge in [0.15, 0.2) is 23.3 Å². The van der Waals surface area contributed by atoms with E-state index in [0.717, 1.165) is 12.8 Å². The van der Waals surface area contributed by atoms with E-state index < -0.39 is 51.9 Å². The van der Waals surface area contributed by atoms with E-state index in [-0.39, 0.29) is 6.42 Å². The largest absolute Gasteiger partial charge is 0.341 e. The Morgan fingerprint density at radius 1 is 1.00 bits per heavy atom. The van der Waals surface area contributed by atoms with Crippen LogP contribution in [0, 0.1) is 45.8 Å². The summed E-state index contributed by atoms with van der Waals surface area (Å²) in [7, 11) is 0. The molecule has 122 valence electrons. The van der Waals surface area contributed by atoms with Gasteiger partial charge in [0, 0.05) is 24.6 Å². The maximum Gasteiger partial charge on any atom is 0.243 e. The Morgan fingerprint density at radius 3 is 1.96 bits per heavy atom. The standard InChI is InChI=1S/C15H11F5N2O/c16-9-8(10(17)12(19)13(20)11(9)18)7-5-15(7,6-21)14(23)22-3-1-2-4-22/h7H,1-5H2/t7-,15-/m0/s1. The quantitative estimate of drug-likeness (QED) is 0.475. The summed E-state index contributed by atoms with van der Waals surface area (Å²) >= 11 is 0. The van der Waals surface area contributed by atoms with Gasteiger partial charge in [0.1, 0.15) is 5.41 Å². The molecule has 2 aliphatic rings. The number of likely N-dealkylation sites (tertiary alicyclic amines) is 1. The van der Waals surface area contributed by atoms with Crippen LogP contribution in [0.1, 0.15) is 30.7 Å². The molecule has 1 aromatic carbocycles. The van der Waals surface area contributed by atoms with Crippen LogP contribution >= 0.6 is 0 Å². The van der Waals surface area contributed by atoms with E-state index in [1.54, 1.807) is 6.07 Å². The third kappa shape index (κ3) is 2.10. The van der Waals surface area contributed by atoms with E-state index in [2.05, 4.69) is 0 Å². The monoisotopic (exact) mass is 330 g/mol. The molecule has 1 aromatic rings. The van der Waals surface area contributed by atoms with Crippen LogP contribution in [-0.2, 0) is 4.79 Å². The summed E-state index contributed by atoms with van der Waals surface area (Å²) in [6, 6.07) is 1.72. The van der Waals surface area contributed by atoms with Gasteiger partial charge >= 0.3 is 0 Å². The summed E-state index contributed by atoms with van der Waals surface area (Å²) in [6.07, 6.45) is 1.25. The fraction of sp³-hybridized carbons (Fsp3) is 0.467. The second-order valence-corrected chi connectivity index (χ2v) is 5.82. The highest BCUT2D eigenvalue weighted by Crippen LogP contribution is 2.61. The van der Waals surface area contributed by atoms with Crippen LogP contribution in [0.4, 0.5) is 22.0 Å². The number of carbonyl (C=O) groups is 1. The van der Waals surface area contributed by atoms with E-state index in [1.165, 1.54) is 4.90 Å². The predicted octanol–water partition coefficient (Wildman–Crippen LogP) is 3.00. The van der Waals surface area contributed by atoms with E-state index in [4.69, 9.17) is 0 Å². The van der Waals surface area contributed by atoms with Gasteiger partial charge in [-0.1, -0.05) is 0 Å². The number of amides is 1. The molecule has 0 unspecified atom stereocenters. The highest BCUT2D eigenvalue weighted by Gasteiger charge is 2.65. The first-order valence-electron chi connectivity index (χ1n) is 7.07. The fourth-order valence-electron chi connectivity index (χ4n) is 3.15. The number of hydrogen-bond donors (Lipinski definition) is 0. The van der Waals surface area contributed by atoms with Gasteiger partial charge in [0.05, 0.1) is 6.07 Å². The number of rotatable bonds is 2. The summed E-state index contributed by atoms with van der Waals surface area (Å²) < 4.78 is 67.4. The molecule has 1 aliphatic carbocycles. The lowest BCUT2D eigenvalue weighted by atomic mass is 9.97. The second-order valence-electron chi connectivity index (χ2n) is 5.82. The number of benzene rings is 1. The SMILES string of the molecule is N#C[C@@]1(C(=O)N2CCCC2)C[C@H]1c1c(F)c(F)c(F)c(F)c1F. The Kier molecular flexibility index (Phi) is 3.54. The maximum absolute atomic E-state index is 13.9. The van der Waals surface area contributed by atoms with Crippen LogP contribution in [-0.4, -0.2) is 23.9 Å². The minimum Gasteiger partial charge on any atom is -0.341 e. The molecule has 2 atom stereocenters. The smallest absolute Gasteiger partial charge is 0.243 e. The Morgan fingerprint density at radius 2 is 1.48 bits per heavy atom. The summed E-state index contributed by atoms with van der Waals surface area (Å²) in [5.41, 5.74) is -2.82. The van der Waals surface area contributed by atoms with Crippen LogP contribution in [0.3, 0.4) is 0 Å². The normalized spacial score (nSPS) is 26.3. The molecular formula is C15H11F5N2O. The van der Waals surface area contributed by atoms with Crippen molar-refractivity contribution in [1.29, 1.82) is 5.26 Å². The predicted molar refractivity (Wildman–Crippen MR) is 67.4 cm³/mol. The topological polar surface area (TPSA) is 44.1 Å². The van der Waals surface area contributed by atoms with Gasteiger partial charge in [0.2, 0.25) is 11.7 Å². The van der Waals surface area contributed by atoms with Crippen LogP contribution in [0.2, 0.25) is 0 Å². The van der Waals surface area contributed by atoms with Crippen molar-refractivity contribution in [3.05, 3.63) is 34.6 Å². The zero-order chi connectivity index (χ0) is 16.9. The third-order valence-corrected chi connectivity index (χ3v) is 4.53. The molecule has 1 amide bonds. The molecule has 23 heavy (non-hydrogen) atoms. The number of carbonyl (C=O) groups excluding carboxylic acids is 1. The summed E-state index contributed by atoms with van der Waals surface area (Å²) in [5.74, 6) is -12.3.